The van der Waals surface area contributed by atoms with E-state index in [9.17, 15) is 9.90 Å². The third kappa shape index (κ3) is 2.26. The zero-order valence-electron chi connectivity index (χ0n) is 7.29. The number of carbonyl (C=O) groups is 1. The third-order valence-corrected chi connectivity index (χ3v) is 3.03. The van der Waals surface area contributed by atoms with Crippen LogP contribution in [-0.4, -0.2) is 16.2 Å². The van der Waals surface area contributed by atoms with Gasteiger partial charge in [-0.05, 0) is 46.1 Å². The van der Waals surface area contributed by atoms with Crippen molar-refractivity contribution in [2.75, 3.05) is 0 Å². The molecule has 0 radical (unpaired) electrons. The van der Waals surface area contributed by atoms with Gasteiger partial charge in [-0.15, -0.1) is 0 Å². The minimum absolute atomic E-state index is 0.341. The average molecular weight is 280 g/mol. The van der Waals surface area contributed by atoms with Crippen molar-refractivity contribution in [2.24, 2.45) is 0 Å². The Morgan fingerprint density at radius 1 is 1.57 bits per heavy atom. The number of carboxylic acids is 1. The van der Waals surface area contributed by atoms with Crippen LogP contribution in [0.25, 0.3) is 0 Å². The molecule has 14 heavy (non-hydrogen) atoms. The van der Waals surface area contributed by atoms with Crippen LogP contribution in [0.5, 0.6) is 0 Å². The summed E-state index contributed by atoms with van der Waals surface area (Å²) in [5, 5.41) is 18.4. The van der Waals surface area contributed by atoms with Gasteiger partial charge >= 0.3 is 5.97 Å². The van der Waals surface area contributed by atoms with E-state index in [1.165, 1.54) is 6.07 Å². The molecule has 0 bridgehead atoms. The van der Waals surface area contributed by atoms with Crippen LogP contribution in [0.1, 0.15) is 17.2 Å². The topological polar surface area (TPSA) is 57.5 Å². The maximum Gasteiger partial charge on any atom is 0.337 e. The van der Waals surface area contributed by atoms with Crippen LogP contribution >= 0.6 is 27.5 Å². The Hall–Kier alpha value is -0.580. The van der Waals surface area contributed by atoms with Gasteiger partial charge in [-0.1, -0.05) is 11.6 Å². The Balaban J connectivity index is 3.22. The quantitative estimate of drug-likeness (QED) is 0.874. The van der Waals surface area contributed by atoms with E-state index in [-0.39, 0.29) is 0 Å². The molecule has 1 aromatic carbocycles. The molecule has 0 saturated carbocycles. The summed E-state index contributed by atoms with van der Waals surface area (Å²) in [4.78, 5) is 10.5. The van der Waals surface area contributed by atoms with Gasteiger partial charge < -0.3 is 10.2 Å². The van der Waals surface area contributed by atoms with Crippen molar-refractivity contribution in [1.29, 1.82) is 0 Å². The second-order valence-electron chi connectivity index (χ2n) is 2.86. The predicted molar refractivity (Wildman–Crippen MR) is 56.5 cm³/mol. The fraction of sp³-hybridized carbons (Fsp3) is 0.222. The van der Waals surface area contributed by atoms with Crippen LogP contribution in [0.3, 0.4) is 0 Å². The second kappa shape index (κ2) is 4.29. The number of halogens is 2. The first-order chi connectivity index (χ1) is 6.43. The Morgan fingerprint density at radius 2 is 2.14 bits per heavy atom. The van der Waals surface area contributed by atoms with E-state index in [1.807, 2.05) is 0 Å². The Labute approximate surface area is 94.4 Å². The number of rotatable bonds is 2. The second-order valence-corrected chi connectivity index (χ2v) is 4.13. The number of hydrogen-bond donors (Lipinski definition) is 2. The zero-order chi connectivity index (χ0) is 10.9. The number of aryl methyl sites for hydroxylation is 1. The number of hydrogen-bond acceptors (Lipinski definition) is 2. The molecule has 0 heterocycles. The minimum Gasteiger partial charge on any atom is -0.479 e. The van der Waals surface area contributed by atoms with Crippen LogP contribution < -0.4 is 0 Å². The van der Waals surface area contributed by atoms with E-state index in [0.717, 1.165) is 0 Å². The Bertz CT molecular complexity index is 379. The summed E-state index contributed by atoms with van der Waals surface area (Å²) in [5.74, 6) is -1.28. The van der Waals surface area contributed by atoms with Crippen molar-refractivity contribution in [3.8, 4) is 0 Å². The van der Waals surface area contributed by atoms with Gasteiger partial charge in [0.2, 0.25) is 0 Å². The molecule has 5 heteroatoms. The molecule has 1 unspecified atom stereocenters. The summed E-state index contributed by atoms with van der Waals surface area (Å²) in [6.45, 7) is 1.69. The van der Waals surface area contributed by atoms with Crippen molar-refractivity contribution in [1.82, 2.24) is 0 Å². The SMILES string of the molecule is Cc1cc(Cl)c(Br)cc1C(O)C(=O)O. The summed E-state index contributed by atoms with van der Waals surface area (Å²) < 4.78 is 0.570. The smallest absolute Gasteiger partial charge is 0.337 e. The highest BCUT2D eigenvalue weighted by Gasteiger charge is 2.19. The lowest BCUT2D eigenvalue weighted by molar-refractivity contribution is -0.147. The number of carboxylic acid groups (broad SMARTS) is 1. The van der Waals surface area contributed by atoms with Crippen LogP contribution in [0.4, 0.5) is 0 Å². The van der Waals surface area contributed by atoms with Gasteiger partial charge in [0.05, 0.1) is 5.02 Å². The lowest BCUT2D eigenvalue weighted by Gasteiger charge is -2.10. The van der Waals surface area contributed by atoms with E-state index in [2.05, 4.69) is 15.9 Å². The number of benzene rings is 1. The summed E-state index contributed by atoms with van der Waals surface area (Å²) >= 11 is 8.96. The van der Waals surface area contributed by atoms with Crippen molar-refractivity contribution in [2.45, 2.75) is 13.0 Å². The molecule has 1 aromatic rings. The minimum atomic E-state index is -1.51. The molecule has 0 amide bonds. The van der Waals surface area contributed by atoms with Gasteiger partial charge in [-0.25, -0.2) is 4.79 Å². The molecule has 1 rings (SSSR count). The van der Waals surface area contributed by atoms with Crippen molar-refractivity contribution in [3.63, 3.8) is 0 Å². The monoisotopic (exact) mass is 278 g/mol. The average Bonchev–Trinajstić information content (AvgIpc) is 2.10. The third-order valence-electron chi connectivity index (χ3n) is 1.84. The maximum absolute atomic E-state index is 10.5. The van der Waals surface area contributed by atoms with Gasteiger partial charge in [0.25, 0.3) is 0 Å². The highest BCUT2D eigenvalue weighted by Crippen LogP contribution is 2.29. The predicted octanol–water partition coefficient (Wildman–Crippen LogP) is 2.53. The van der Waals surface area contributed by atoms with Crippen molar-refractivity contribution < 1.29 is 15.0 Å². The molecule has 76 valence electrons. The molecule has 0 fully saturated rings. The number of aliphatic hydroxyl groups excluding tert-OH is 1. The van der Waals surface area contributed by atoms with Gasteiger partial charge in [0.1, 0.15) is 0 Å². The van der Waals surface area contributed by atoms with Crippen LogP contribution in [-0.2, 0) is 4.79 Å². The Kier molecular flexibility index (Phi) is 3.53. The van der Waals surface area contributed by atoms with Crippen molar-refractivity contribution >= 4 is 33.5 Å². The standard InChI is InChI=1S/C9H8BrClO3/c1-4-2-7(11)6(10)3-5(4)8(12)9(13)14/h2-3,8,12H,1H3,(H,13,14). The lowest BCUT2D eigenvalue weighted by atomic mass is 10.0. The first-order valence-corrected chi connectivity index (χ1v) is 4.97. The van der Waals surface area contributed by atoms with Gasteiger partial charge in [-0.3, -0.25) is 0 Å². The summed E-state index contributed by atoms with van der Waals surface area (Å²) in [5.41, 5.74) is 0.988. The van der Waals surface area contributed by atoms with Crippen LogP contribution in [0.2, 0.25) is 5.02 Å². The molecule has 3 nitrogen and oxygen atoms in total. The van der Waals surface area contributed by atoms with E-state index in [1.54, 1.807) is 13.0 Å². The first kappa shape index (κ1) is 11.5. The van der Waals surface area contributed by atoms with E-state index in [0.29, 0.717) is 20.6 Å². The molecule has 0 aliphatic rings. The summed E-state index contributed by atoms with van der Waals surface area (Å²) in [7, 11) is 0. The van der Waals surface area contributed by atoms with Crippen molar-refractivity contribution in [3.05, 3.63) is 32.8 Å². The van der Waals surface area contributed by atoms with Crippen LogP contribution in [0, 0.1) is 6.92 Å². The fourth-order valence-corrected chi connectivity index (χ4v) is 1.67. The molecule has 2 N–H and O–H groups in total. The molecule has 0 saturated heterocycles. The molecular formula is C9H8BrClO3. The molecule has 0 aliphatic carbocycles. The molecule has 0 aromatic heterocycles. The summed E-state index contributed by atoms with van der Waals surface area (Å²) in [6, 6.07) is 3.11. The van der Waals surface area contributed by atoms with E-state index < -0.39 is 12.1 Å². The van der Waals surface area contributed by atoms with Crippen LogP contribution in [0.15, 0.2) is 16.6 Å². The first-order valence-electron chi connectivity index (χ1n) is 3.80. The maximum atomic E-state index is 10.5. The normalized spacial score (nSPS) is 12.6. The van der Waals surface area contributed by atoms with Gasteiger partial charge in [0.15, 0.2) is 6.10 Å². The molecule has 1 atom stereocenters. The highest BCUT2D eigenvalue weighted by molar-refractivity contribution is 9.10. The van der Waals surface area contributed by atoms with Gasteiger partial charge in [0, 0.05) is 4.47 Å². The lowest BCUT2D eigenvalue weighted by Crippen LogP contribution is -2.11. The number of aliphatic carboxylic acids is 1. The largest absolute Gasteiger partial charge is 0.479 e. The number of aliphatic hydroxyl groups is 1. The zero-order valence-corrected chi connectivity index (χ0v) is 9.63. The van der Waals surface area contributed by atoms with E-state index >= 15 is 0 Å². The molecule has 0 spiro atoms. The van der Waals surface area contributed by atoms with E-state index in [4.69, 9.17) is 16.7 Å². The molecular weight excluding hydrogens is 271 g/mol. The molecule has 0 aliphatic heterocycles. The van der Waals surface area contributed by atoms with Gasteiger partial charge in [-0.2, -0.15) is 0 Å². The summed E-state index contributed by atoms with van der Waals surface area (Å²) in [6.07, 6.45) is -1.51. The fourth-order valence-electron chi connectivity index (χ4n) is 1.09. The Morgan fingerprint density at radius 3 is 2.64 bits per heavy atom. The highest BCUT2D eigenvalue weighted by atomic mass is 79.9.